The van der Waals surface area contributed by atoms with E-state index >= 15 is 0 Å². The molecular weight excluding hydrogens is 493 g/mol. The highest BCUT2D eigenvalue weighted by Gasteiger charge is 2.35. The van der Waals surface area contributed by atoms with Crippen LogP contribution in [-0.2, 0) is 25.7 Å². The number of carbonyl (C=O) groups excluding carboxylic acids is 2. The SMILES string of the molecule is O=C(N[C@H](Cc1ccccc1)c1ccccc1)c1cc2n(n1)CCN(Cc1ccccc1C(F)(F)F)C2=O. The van der Waals surface area contributed by atoms with Gasteiger partial charge in [-0.25, -0.2) is 0 Å². The zero-order chi connectivity index (χ0) is 26.7. The number of rotatable bonds is 7. The van der Waals surface area contributed by atoms with Crippen LogP contribution < -0.4 is 5.32 Å². The molecule has 1 N–H and O–H groups in total. The van der Waals surface area contributed by atoms with Gasteiger partial charge in [0.1, 0.15) is 5.69 Å². The number of hydrogen-bond donors (Lipinski definition) is 1. The maximum Gasteiger partial charge on any atom is 0.416 e. The van der Waals surface area contributed by atoms with Crippen LogP contribution in [0.25, 0.3) is 0 Å². The fourth-order valence-corrected chi connectivity index (χ4v) is 4.66. The molecule has 0 saturated heterocycles. The first-order chi connectivity index (χ1) is 18.3. The molecule has 5 rings (SSSR count). The van der Waals surface area contributed by atoms with E-state index in [1.54, 1.807) is 0 Å². The topological polar surface area (TPSA) is 67.2 Å². The Morgan fingerprint density at radius 2 is 1.58 bits per heavy atom. The van der Waals surface area contributed by atoms with Gasteiger partial charge in [-0.15, -0.1) is 0 Å². The molecule has 2 heterocycles. The minimum absolute atomic E-state index is 0.0193. The summed E-state index contributed by atoms with van der Waals surface area (Å²) in [5, 5.41) is 7.36. The minimum Gasteiger partial charge on any atom is -0.344 e. The van der Waals surface area contributed by atoms with Gasteiger partial charge in [0.05, 0.1) is 18.2 Å². The summed E-state index contributed by atoms with van der Waals surface area (Å²) in [5.74, 6) is -0.901. The van der Waals surface area contributed by atoms with Gasteiger partial charge in [0.15, 0.2) is 5.69 Å². The fourth-order valence-electron chi connectivity index (χ4n) is 4.66. The first-order valence-electron chi connectivity index (χ1n) is 12.2. The largest absolute Gasteiger partial charge is 0.416 e. The van der Waals surface area contributed by atoms with E-state index in [9.17, 15) is 22.8 Å². The zero-order valence-electron chi connectivity index (χ0n) is 20.4. The van der Waals surface area contributed by atoms with Crippen molar-refractivity contribution in [3.63, 3.8) is 0 Å². The molecule has 1 atom stereocenters. The molecule has 3 aromatic carbocycles. The molecule has 38 heavy (non-hydrogen) atoms. The van der Waals surface area contributed by atoms with Crippen molar-refractivity contribution < 1.29 is 22.8 Å². The summed E-state index contributed by atoms with van der Waals surface area (Å²) < 4.78 is 41.7. The number of hydrogen-bond acceptors (Lipinski definition) is 3. The van der Waals surface area contributed by atoms with Gasteiger partial charge in [0, 0.05) is 19.2 Å². The van der Waals surface area contributed by atoms with Crippen LogP contribution in [0.4, 0.5) is 13.2 Å². The number of alkyl halides is 3. The Labute approximate surface area is 217 Å². The van der Waals surface area contributed by atoms with Gasteiger partial charge < -0.3 is 10.2 Å². The van der Waals surface area contributed by atoms with Crippen LogP contribution in [0.1, 0.15) is 49.3 Å². The molecule has 0 fully saturated rings. The maximum absolute atomic E-state index is 13.4. The Kier molecular flexibility index (Phi) is 7.00. The van der Waals surface area contributed by atoms with Crippen LogP contribution in [0.15, 0.2) is 91.0 Å². The predicted octanol–water partition coefficient (Wildman–Crippen LogP) is 5.27. The van der Waals surface area contributed by atoms with Gasteiger partial charge in [-0.2, -0.15) is 18.3 Å². The molecule has 0 bridgehead atoms. The van der Waals surface area contributed by atoms with Crippen LogP contribution in [-0.4, -0.2) is 33.0 Å². The van der Waals surface area contributed by atoms with Crippen molar-refractivity contribution in [1.82, 2.24) is 20.0 Å². The molecule has 1 aliphatic heterocycles. The van der Waals surface area contributed by atoms with E-state index in [4.69, 9.17) is 0 Å². The van der Waals surface area contributed by atoms with Crippen LogP contribution in [0.3, 0.4) is 0 Å². The van der Waals surface area contributed by atoms with Crippen molar-refractivity contribution in [2.24, 2.45) is 0 Å². The molecule has 1 aromatic heterocycles. The Balaban J connectivity index is 1.34. The molecule has 0 spiro atoms. The third-order valence-electron chi connectivity index (χ3n) is 6.57. The van der Waals surface area contributed by atoms with Gasteiger partial charge in [0.2, 0.25) is 0 Å². The van der Waals surface area contributed by atoms with Crippen LogP contribution >= 0.6 is 0 Å². The Morgan fingerprint density at radius 1 is 0.921 bits per heavy atom. The number of fused-ring (bicyclic) bond motifs is 1. The lowest BCUT2D eigenvalue weighted by atomic mass is 9.98. The monoisotopic (exact) mass is 518 g/mol. The van der Waals surface area contributed by atoms with Crippen LogP contribution in [0.2, 0.25) is 0 Å². The third-order valence-corrected chi connectivity index (χ3v) is 6.57. The fraction of sp³-hybridized carbons (Fsp3) is 0.207. The first kappa shape index (κ1) is 25.3. The van der Waals surface area contributed by atoms with Gasteiger partial charge in [0.25, 0.3) is 11.8 Å². The number of benzene rings is 3. The van der Waals surface area contributed by atoms with Crippen molar-refractivity contribution in [3.8, 4) is 0 Å². The molecule has 2 amide bonds. The summed E-state index contributed by atoms with van der Waals surface area (Å²) >= 11 is 0. The number of aromatic nitrogens is 2. The molecule has 194 valence electrons. The van der Waals surface area contributed by atoms with Crippen molar-refractivity contribution in [1.29, 1.82) is 0 Å². The molecule has 4 aromatic rings. The Hall–Kier alpha value is -4.40. The lowest BCUT2D eigenvalue weighted by Gasteiger charge is -2.28. The normalized spacial score (nSPS) is 14.2. The van der Waals surface area contributed by atoms with Gasteiger partial charge in [-0.1, -0.05) is 78.9 Å². The van der Waals surface area contributed by atoms with E-state index < -0.39 is 23.6 Å². The molecular formula is C29H25F3N4O2. The average Bonchev–Trinajstić information content (AvgIpc) is 3.36. The smallest absolute Gasteiger partial charge is 0.344 e. The lowest BCUT2D eigenvalue weighted by Crippen LogP contribution is -2.40. The summed E-state index contributed by atoms with van der Waals surface area (Å²) in [6.07, 6.45) is -3.95. The van der Waals surface area contributed by atoms with Gasteiger partial charge in [-0.3, -0.25) is 14.3 Å². The minimum atomic E-state index is -4.52. The molecule has 0 radical (unpaired) electrons. The third kappa shape index (κ3) is 5.46. The number of amides is 2. The summed E-state index contributed by atoms with van der Waals surface area (Å²) in [5.41, 5.74) is 1.49. The molecule has 9 heteroatoms. The van der Waals surface area contributed by atoms with E-state index in [-0.39, 0.29) is 42.6 Å². The summed E-state index contributed by atoms with van der Waals surface area (Å²) in [6.45, 7) is 0.268. The van der Waals surface area contributed by atoms with Crippen molar-refractivity contribution in [2.75, 3.05) is 6.54 Å². The Bertz CT molecular complexity index is 1440. The molecule has 0 unspecified atom stereocenters. The van der Waals surface area contributed by atoms with E-state index in [0.717, 1.165) is 17.2 Å². The maximum atomic E-state index is 13.4. The van der Waals surface area contributed by atoms with E-state index in [0.29, 0.717) is 6.42 Å². The number of halogens is 3. The van der Waals surface area contributed by atoms with Crippen LogP contribution in [0.5, 0.6) is 0 Å². The van der Waals surface area contributed by atoms with E-state index in [1.807, 2.05) is 60.7 Å². The number of nitrogens with one attached hydrogen (secondary N) is 1. The average molecular weight is 519 g/mol. The van der Waals surface area contributed by atoms with E-state index in [1.165, 1.54) is 33.8 Å². The van der Waals surface area contributed by atoms with Crippen LogP contribution in [0, 0.1) is 0 Å². The van der Waals surface area contributed by atoms with E-state index in [2.05, 4.69) is 10.4 Å². The van der Waals surface area contributed by atoms with Crippen molar-refractivity contribution in [2.45, 2.75) is 31.7 Å². The molecule has 0 aliphatic carbocycles. The van der Waals surface area contributed by atoms with Crippen molar-refractivity contribution >= 4 is 11.8 Å². The second kappa shape index (κ2) is 10.5. The lowest BCUT2D eigenvalue weighted by molar-refractivity contribution is -0.138. The predicted molar refractivity (Wildman–Crippen MR) is 135 cm³/mol. The highest BCUT2D eigenvalue weighted by Crippen LogP contribution is 2.33. The highest BCUT2D eigenvalue weighted by atomic mass is 19.4. The Morgan fingerprint density at radius 3 is 2.29 bits per heavy atom. The number of carbonyl (C=O) groups is 2. The second-order valence-corrected chi connectivity index (χ2v) is 9.15. The second-order valence-electron chi connectivity index (χ2n) is 9.15. The standard InChI is InChI=1S/C29H25F3N4O2/c30-29(31,32)23-14-8-7-13-22(23)19-35-15-16-36-26(28(35)38)18-25(34-36)27(37)33-24(21-11-5-2-6-12-21)17-20-9-3-1-4-10-20/h1-14,18,24H,15-17,19H2,(H,33,37)/t24-/m1/s1. The summed E-state index contributed by atoms with van der Waals surface area (Å²) in [6, 6.07) is 25.7. The van der Waals surface area contributed by atoms with Crippen molar-refractivity contribution in [3.05, 3.63) is 125 Å². The summed E-state index contributed by atoms with van der Waals surface area (Å²) in [7, 11) is 0. The van der Waals surface area contributed by atoms with Gasteiger partial charge >= 0.3 is 6.18 Å². The van der Waals surface area contributed by atoms with Gasteiger partial charge in [-0.05, 0) is 29.2 Å². The quantitative estimate of drug-likeness (QED) is 0.363. The first-order valence-corrected chi connectivity index (χ1v) is 12.2. The number of nitrogens with zero attached hydrogens (tertiary/aromatic N) is 3. The molecule has 0 saturated carbocycles. The highest BCUT2D eigenvalue weighted by molar-refractivity contribution is 5.98. The zero-order valence-corrected chi connectivity index (χ0v) is 20.4. The molecule has 1 aliphatic rings. The summed E-state index contributed by atoms with van der Waals surface area (Å²) in [4.78, 5) is 27.7. The molecule has 6 nitrogen and oxygen atoms in total.